The summed E-state index contributed by atoms with van der Waals surface area (Å²) < 4.78 is 0. The number of allylic oxidation sites excluding steroid dienone is 2. The summed E-state index contributed by atoms with van der Waals surface area (Å²) in [6, 6.07) is 0. The first kappa shape index (κ1) is 12.3. The third-order valence-corrected chi connectivity index (χ3v) is 4.14. The molecule has 1 atom stereocenters. The Morgan fingerprint density at radius 1 is 1.53 bits per heavy atom. The molecule has 1 aliphatic rings. The zero-order valence-electron chi connectivity index (χ0n) is 10.3. The number of aryl methyl sites for hydroxylation is 2. The fourth-order valence-corrected chi connectivity index (χ4v) is 2.96. The van der Waals surface area contributed by atoms with Crippen molar-refractivity contribution in [3.63, 3.8) is 0 Å². The Morgan fingerprint density at radius 3 is 2.94 bits per heavy atom. The van der Waals surface area contributed by atoms with Crippen LogP contribution in [-0.2, 0) is 11.3 Å². The Kier molecular flexibility index (Phi) is 3.94. The van der Waals surface area contributed by atoms with Crippen LogP contribution >= 0.6 is 11.3 Å². The number of nitrogens with zero attached hydrogens (tertiary/aromatic N) is 1. The van der Waals surface area contributed by atoms with Gasteiger partial charge in [-0.1, -0.05) is 12.2 Å². The van der Waals surface area contributed by atoms with Crippen molar-refractivity contribution in [3.8, 4) is 0 Å². The van der Waals surface area contributed by atoms with Gasteiger partial charge in [0.1, 0.15) is 0 Å². The van der Waals surface area contributed by atoms with Gasteiger partial charge in [0.2, 0.25) is 5.91 Å². The molecule has 4 heteroatoms. The van der Waals surface area contributed by atoms with Crippen LogP contribution in [0.3, 0.4) is 0 Å². The topological polar surface area (TPSA) is 42.0 Å². The summed E-state index contributed by atoms with van der Waals surface area (Å²) in [6.07, 6.45) is 7.14. The summed E-state index contributed by atoms with van der Waals surface area (Å²) in [5.41, 5.74) is 1.04. The van der Waals surface area contributed by atoms with Crippen molar-refractivity contribution in [2.75, 3.05) is 0 Å². The number of rotatable bonds is 3. The first-order chi connectivity index (χ1) is 8.16. The maximum absolute atomic E-state index is 11.9. The Balaban J connectivity index is 1.87. The molecule has 92 valence electrons. The van der Waals surface area contributed by atoms with Gasteiger partial charge in [-0.05, 0) is 33.1 Å². The molecule has 0 bridgehead atoms. The summed E-state index contributed by atoms with van der Waals surface area (Å²) in [5, 5.41) is 4.08. The molecule has 1 N–H and O–H groups in total. The van der Waals surface area contributed by atoms with E-state index in [4.69, 9.17) is 0 Å². The van der Waals surface area contributed by atoms with E-state index in [-0.39, 0.29) is 11.8 Å². The molecule has 2 rings (SSSR count). The molecule has 1 unspecified atom stereocenters. The van der Waals surface area contributed by atoms with E-state index in [0.717, 1.165) is 30.0 Å². The number of aromatic nitrogens is 1. The molecule has 3 nitrogen and oxygen atoms in total. The molecule has 1 aromatic rings. The van der Waals surface area contributed by atoms with Gasteiger partial charge < -0.3 is 5.32 Å². The predicted octanol–water partition coefficient (Wildman–Crippen LogP) is 2.73. The van der Waals surface area contributed by atoms with Gasteiger partial charge >= 0.3 is 0 Å². The van der Waals surface area contributed by atoms with Crippen LogP contribution < -0.4 is 5.32 Å². The average molecular weight is 250 g/mol. The second kappa shape index (κ2) is 5.45. The van der Waals surface area contributed by atoms with Crippen LogP contribution in [0.25, 0.3) is 0 Å². The highest BCUT2D eigenvalue weighted by Gasteiger charge is 2.18. The van der Waals surface area contributed by atoms with Gasteiger partial charge in [0.25, 0.3) is 0 Å². The minimum absolute atomic E-state index is 0.161. The van der Waals surface area contributed by atoms with E-state index in [9.17, 15) is 4.79 Å². The Morgan fingerprint density at radius 2 is 2.35 bits per heavy atom. The molecule has 1 aromatic heterocycles. The van der Waals surface area contributed by atoms with E-state index in [1.165, 1.54) is 4.88 Å². The number of hydrogen-bond acceptors (Lipinski definition) is 3. The van der Waals surface area contributed by atoms with Gasteiger partial charge in [-0.15, -0.1) is 11.3 Å². The van der Waals surface area contributed by atoms with Crippen molar-refractivity contribution in [1.29, 1.82) is 0 Å². The molecule has 0 saturated carbocycles. The lowest BCUT2D eigenvalue weighted by molar-refractivity contribution is -0.125. The maximum Gasteiger partial charge on any atom is 0.223 e. The van der Waals surface area contributed by atoms with E-state index in [2.05, 4.69) is 22.5 Å². The van der Waals surface area contributed by atoms with Crippen LogP contribution in [0.5, 0.6) is 0 Å². The predicted molar refractivity (Wildman–Crippen MR) is 69.9 cm³/mol. The van der Waals surface area contributed by atoms with Crippen LogP contribution in [0.2, 0.25) is 0 Å². The lowest BCUT2D eigenvalue weighted by Gasteiger charge is -2.16. The standard InChI is InChI=1S/C13H18N2OS/c1-9-12(17-10(2)15-9)8-14-13(16)11-6-4-3-5-7-11/h3-4,11H,5-8H2,1-2H3,(H,14,16). The summed E-state index contributed by atoms with van der Waals surface area (Å²) in [5.74, 6) is 0.342. The van der Waals surface area contributed by atoms with E-state index < -0.39 is 0 Å². The minimum atomic E-state index is 0.161. The largest absolute Gasteiger partial charge is 0.351 e. The van der Waals surface area contributed by atoms with E-state index in [0.29, 0.717) is 6.54 Å². The minimum Gasteiger partial charge on any atom is -0.351 e. The third kappa shape index (κ3) is 3.16. The molecule has 1 aliphatic carbocycles. The maximum atomic E-state index is 11.9. The van der Waals surface area contributed by atoms with Gasteiger partial charge in [-0.2, -0.15) is 0 Å². The van der Waals surface area contributed by atoms with Crippen LogP contribution in [0.15, 0.2) is 12.2 Å². The highest BCUT2D eigenvalue weighted by molar-refractivity contribution is 7.11. The summed E-state index contributed by atoms with van der Waals surface area (Å²) in [6.45, 7) is 4.61. The molecule has 0 spiro atoms. The van der Waals surface area contributed by atoms with Crippen LogP contribution in [0.4, 0.5) is 0 Å². The van der Waals surface area contributed by atoms with Gasteiger partial charge in [-0.3, -0.25) is 4.79 Å². The van der Waals surface area contributed by atoms with Gasteiger partial charge in [0.05, 0.1) is 17.2 Å². The van der Waals surface area contributed by atoms with Crippen LogP contribution in [0.1, 0.15) is 34.8 Å². The van der Waals surface area contributed by atoms with Crippen molar-refractivity contribution >= 4 is 17.2 Å². The number of hydrogen-bond donors (Lipinski definition) is 1. The Bertz CT molecular complexity index is 437. The molecule has 0 saturated heterocycles. The molecule has 1 heterocycles. The molecule has 17 heavy (non-hydrogen) atoms. The molecule has 1 amide bonds. The van der Waals surface area contributed by atoms with Crippen molar-refractivity contribution in [3.05, 3.63) is 27.7 Å². The number of carbonyl (C=O) groups is 1. The quantitative estimate of drug-likeness (QED) is 0.838. The zero-order chi connectivity index (χ0) is 12.3. The molecule has 0 aromatic carbocycles. The SMILES string of the molecule is Cc1nc(C)c(CNC(=O)C2CC=CCC2)s1. The first-order valence-corrected chi connectivity index (χ1v) is 6.84. The fraction of sp³-hybridized carbons (Fsp3) is 0.538. The number of carbonyl (C=O) groups excluding carboxylic acids is 1. The molecule has 0 fully saturated rings. The van der Waals surface area contributed by atoms with Crippen molar-refractivity contribution in [1.82, 2.24) is 10.3 Å². The molecular formula is C13H18N2OS. The van der Waals surface area contributed by atoms with Crippen molar-refractivity contribution in [2.24, 2.45) is 5.92 Å². The van der Waals surface area contributed by atoms with Crippen LogP contribution in [0, 0.1) is 19.8 Å². The smallest absolute Gasteiger partial charge is 0.223 e. The van der Waals surface area contributed by atoms with Crippen LogP contribution in [-0.4, -0.2) is 10.9 Å². The highest BCUT2D eigenvalue weighted by atomic mass is 32.1. The highest BCUT2D eigenvalue weighted by Crippen LogP contribution is 2.20. The second-order valence-electron chi connectivity index (χ2n) is 4.44. The molecule has 0 aliphatic heterocycles. The van der Waals surface area contributed by atoms with Crippen molar-refractivity contribution < 1.29 is 4.79 Å². The number of amides is 1. The molecule has 0 radical (unpaired) electrons. The second-order valence-corrected chi connectivity index (χ2v) is 5.73. The van der Waals surface area contributed by atoms with Gasteiger partial charge in [0.15, 0.2) is 0 Å². The normalized spacial score (nSPS) is 19.3. The summed E-state index contributed by atoms with van der Waals surface area (Å²) in [7, 11) is 0. The summed E-state index contributed by atoms with van der Waals surface area (Å²) in [4.78, 5) is 17.5. The third-order valence-electron chi connectivity index (χ3n) is 3.06. The van der Waals surface area contributed by atoms with Gasteiger partial charge in [0, 0.05) is 10.8 Å². The lowest BCUT2D eigenvalue weighted by Crippen LogP contribution is -2.30. The van der Waals surface area contributed by atoms with E-state index in [1.807, 2.05) is 13.8 Å². The zero-order valence-corrected chi connectivity index (χ0v) is 11.1. The lowest BCUT2D eigenvalue weighted by atomic mass is 9.94. The fourth-order valence-electron chi connectivity index (χ4n) is 2.08. The average Bonchev–Trinajstić information content (AvgIpc) is 2.66. The Labute approximate surface area is 106 Å². The summed E-state index contributed by atoms with van der Waals surface area (Å²) >= 11 is 1.66. The van der Waals surface area contributed by atoms with Crippen molar-refractivity contribution in [2.45, 2.75) is 39.7 Å². The van der Waals surface area contributed by atoms with E-state index >= 15 is 0 Å². The monoisotopic (exact) mass is 250 g/mol. The van der Waals surface area contributed by atoms with Gasteiger partial charge in [-0.25, -0.2) is 4.98 Å². The first-order valence-electron chi connectivity index (χ1n) is 6.02. The number of nitrogens with one attached hydrogen (secondary N) is 1. The molecular weight excluding hydrogens is 232 g/mol. The number of thiazole rings is 1. The Hall–Kier alpha value is -1.16. The van der Waals surface area contributed by atoms with E-state index in [1.54, 1.807) is 11.3 Å².